The highest BCUT2D eigenvalue weighted by Gasteiger charge is 2.38. The fourth-order valence-corrected chi connectivity index (χ4v) is 2.45. The Morgan fingerprint density at radius 1 is 1.43 bits per heavy atom. The molecule has 0 rings (SSSR count). The summed E-state index contributed by atoms with van der Waals surface area (Å²) in [5.74, 6) is -1.46. The van der Waals surface area contributed by atoms with Crippen LogP contribution in [0.15, 0.2) is 0 Å². The highest BCUT2D eigenvalue weighted by atomic mass is 31.2. The molecule has 0 aromatic carbocycles. The largest absolute Gasteiger partial charge is 0.391 e. The molecule has 0 bridgehead atoms. The molecule has 0 heterocycles. The van der Waals surface area contributed by atoms with Gasteiger partial charge in [-0.2, -0.15) is 0 Å². The molecule has 2 atom stereocenters. The Kier molecular flexibility index (Phi) is 5.29. The molecule has 0 aromatic rings. The van der Waals surface area contributed by atoms with Gasteiger partial charge in [0.15, 0.2) is 5.78 Å². The van der Waals surface area contributed by atoms with Gasteiger partial charge in [0.05, 0.1) is 6.10 Å². The van der Waals surface area contributed by atoms with Gasteiger partial charge >= 0.3 is 7.60 Å². The van der Waals surface area contributed by atoms with Crippen molar-refractivity contribution in [2.75, 3.05) is 14.2 Å². The van der Waals surface area contributed by atoms with E-state index in [-0.39, 0.29) is 0 Å². The molecule has 0 saturated heterocycles. The number of nitrogens with one attached hydrogen (secondary N) is 1. The molecule has 1 amide bonds. The average Bonchev–Trinajstić information content (AvgIpc) is 2.12. The number of carbonyl (C=O) groups is 1. The average molecular weight is 225 g/mol. The Labute approximate surface area is 83.1 Å². The molecule has 0 spiro atoms. The first-order valence-corrected chi connectivity index (χ1v) is 5.65. The number of amides is 1. The van der Waals surface area contributed by atoms with Crippen LogP contribution < -0.4 is 5.32 Å². The molecule has 0 aliphatic heterocycles. The van der Waals surface area contributed by atoms with Crippen molar-refractivity contribution in [1.29, 1.82) is 0 Å². The Balaban J connectivity index is 4.79. The number of rotatable bonds is 5. The topological polar surface area (TPSA) is 84.9 Å². The summed E-state index contributed by atoms with van der Waals surface area (Å²) in [6.07, 6.45) is -1.02. The molecule has 0 saturated carbocycles. The van der Waals surface area contributed by atoms with E-state index in [1.165, 1.54) is 28.1 Å². The maximum Gasteiger partial charge on any atom is 0.354 e. The van der Waals surface area contributed by atoms with Gasteiger partial charge in [0.25, 0.3) is 0 Å². The van der Waals surface area contributed by atoms with Crippen LogP contribution in [0.4, 0.5) is 0 Å². The number of carbonyl (C=O) groups excluding carboxylic acids is 1. The minimum atomic E-state index is -3.48. The predicted octanol–water partition coefficient (Wildman–Crippen LogP) is 0.315. The first kappa shape index (κ1) is 13.6. The van der Waals surface area contributed by atoms with Crippen LogP contribution in [-0.2, 0) is 18.4 Å². The van der Waals surface area contributed by atoms with Crippen molar-refractivity contribution in [2.24, 2.45) is 0 Å². The van der Waals surface area contributed by atoms with Gasteiger partial charge < -0.3 is 19.5 Å². The molecule has 0 aromatic heterocycles. The number of aliphatic hydroxyl groups is 1. The zero-order chi connectivity index (χ0) is 11.4. The highest BCUT2D eigenvalue weighted by Crippen LogP contribution is 2.51. The first-order chi connectivity index (χ1) is 6.37. The molecule has 2 N–H and O–H groups in total. The maximum absolute atomic E-state index is 11.8. The van der Waals surface area contributed by atoms with Gasteiger partial charge in [-0.1, -0.05) is 0 Å². The van der Waals surface area contributed by atoms with Crippen LogP contribution in [0.2, 0.25) is 0 Å². The lowest BCUT2D eigenvalue weighted by molar-refractivity contribution is -0.119. The molecule has 0 unspecified atom stereocenters. The summed E-state index contributed by atoms with van der Waals surface area (Å²) in [7, 11) is -1.09. The van der Waals surface area contributed by atoms with Gasteiger partial charge in [-0.25, -0.2) is 0 Å². The number of hydrogen-bond donors (Lipinski definition) is 2. The van der Waals surface area contributed by atoms with Crippen molar-refractivity contribution in [1.82, 2.24) is 5.32 Å². The van der Waals surface area contributed by atoms with Crippen molar-refractivity contribution in [3.8, 4) is 0 Å². The maximum atomic E-state index is 11.8. The van der Waals surface area contributed by atoms with Crippen LogP contribution in [0, 0.1) is 0 Å². The van der Waals surface area contributed by atoms with Gasteiger partial charge in [0.2, 0.25) is 5.91 Å². The van der Waals surface area contributed by atoms with Gasteiger partial charge in [-0.15, -0.1) is 0 Å². The SMILES string of the molecule is COP(=O)(OC)[C@H](NC(C)=O)[C@@H](C)O. The lowest BCUT2D eigenvalue weighted by atomic mass is 10.4. The van der Waals surface area contributed by atoms with Crippen LogP contribution in [-0.4, -0.2) is 37.1 Å². The molecule has 84 valence electrons. The third-order valence-electron chi connectivity index (χ3n) is 1.66. The van der Waals surface area contributed by atoms with E-state index in [4.69, 9.17) is 0 Å². The molecule has 6 nitrogen and oxygen atoms in total. The third-order valence-corrected chi connectivity index (χ3v) is 3.92. The zero-order valence-electron chi connectivity index (χ0n) is 8.68. The summed E-state index contributed by atoms with van der Waals surface area (Å²) in [4.78, 5) is 10.8. The molecule has 14 heavy (non-hydrogen) atoms. The molecule has 7 heteroatoms. The second-order valence-corrected chi connectivity index (χ2v) is 5.16. The van der Waals surface area contributed by atoms with Crippen molar-refractivity contribution < 1.29 is 23.5 Å². The Bertz CT molecular complexity index is 234. The van der Waals surface area contributed by atoms with E-state index in [0.717, 1.165) is 0 Å². The molecule has 0 aliphatic carbocycles. The fraction of sp³-hybridized carbons (Fsp3) is 0.857. The Morgan fingerprint density at radius 3 is 2.07 bits per heavy atom. The van der Waals surface area contributed by atoms with E-state index in [2.05, 4.69) is 14.4 Å². The summed E-state index contributed by atoms with van der Waals surface area (Å²) in [5.41, 5.74) is 0. The van der Waals surface area contributed by atoms with E-state index < -0.39 is 25.4 Å². The van der Waals surface area contributed by atoms with Crippen LogP contribution in [0.1, 0.15) is 13.8 Å². The lowest BCUT2D eigenvalue weighted by Gasteiger charge is -2.26. The molecule has 0 fully saturated rings. The van der Waals surface area contributed by atoms with Gasteiger partial charge in [0, 0.05) is 21.1 Å². The summed E-state index contributed by atoms with van der Waals surface area (Å²) >= 11 is 0. The van der Waals surface area contributed by atoms with Gasteiger partial charge in [-0.3, -0.25) is 9.36 Å². The van der Waals surface area contributed by atoms with E-state index >= 15 is 0 Å². The summed E-state index contributed by atoms with van der Waals surface area (Å²) in [5, 5.41) is 11.6. The lowest BCUT2D eigenvalue weighted by Crippen LogP contribution is -2.41. The van der Waals surface area contributed by atoms with Gasteiger partial charge in [0.1, 0.15) is 0 Å². The van der Waals surface area contributed by atoms with E-state index in [0.29, 0.717) is 0 Å². The zero-order valence-corrected chi connectivity index (χ0v) is 9.58. The van der Waals surface area contributed by atoms with Crippen LogP contribution in [0.3, 0.4) is 0 Å². The predicted molar refractivity (Wildman–Crippen MR) is 50.9 cm³/mol. The standard InChI is InChI=1S/C7H16NO5P/c1-5(9)7(8-6(2)10)14(11,12-3)13-4/h5,7,9H,1-4H3,(H,8,10)/t5-,7+/m1/s1. The van der Waals surface area contributed by atoms with Crippen LogP contribution in [0.5, 0.6) is 0 Å². The Morgan fingerprint density at radius 2 is 1.86 bits per heavy atom. The van der Waals surface area contributed by atoms with Crippen molar-refractivity contribution >= 4 is 13.5 Å². The van der Waals surface area contributed by atoms with E-state index in [1.807, 2.05) is 0 Å². The summed E-state index contributed by atoms with van der Waals surface area (Å²) < 4.78 is 21.1. The van der Waals surface area contributed by atoms with Crippen molar-refractivity contribution in [3.63, 3.8) is 0 Å². The monoisotopic (exact) mass is 225 g/mol. The second kappa shape index (κ2) is 5.46. The van der Waals surface area contributed by atoms with E-state index in [1.54, 1.807) is 0 Å². The second-order valence-electron chi connectivity index (χ2n) is 2.79. The normalized spacial score (nSPS) is 16.1. The van der Waals surface area contributed by atoms with Crippen molar-refractivity contribution in [3.05, 3.63) is 0 Å². The molecular weight excluding hydrogens is 209 g/mol. The van der Waals surface area contributed by atoms with Crippen molar-refractivity contribution in [2.45, 2.75) is 25.7 Å². The molecule has 0 radical (unpaired) electrons. The third kappa shape index (κ3) is 3.38. The first-order valence-electron chi connectivity index (χ1n) is 4.03. The highest BCUT2D eigenvalue weighted by molar-refractivity contribution is 7.54. The number of aliphatic hydroxyl groups excluding tert-OH is 1. The summed E-state index contributed by atoms with van der Waals surface area (Å²) in [6, 6.07) is 0. The van der Waals surface area contributed by atoms with E-state index in [9.17, 15) is 14.5 Å². The fourth-order valence-electron chi connectivity index (χ4n) is 0.974. The van der Waals surface area contributed by atoms with Crippen LogP contribution >= 0.6 is 7.60 Å². The Hall–Kier alpha value is -0.420. The minimum Gasteiger partial charge on any atom is -0.391 e. The summed E-state index contributed by atoms with van der Waals surface area (Å²) in [6.45, 7) is 2.65. The molecular formula is C7H16NO5P. The number of hydrogen-bond acceptors (Lipinski definition) is 5. The minimum absolute atomic E-state index is 0.412. The van der Waals surface area contributed by atoms with Gasteiger partial charge in [-0.05, 0) is 6.92 Å². The van der Waals surface area contributed by atoms with Crippen LogP contribution in [0.25, 0.3) is 0 Å². The smallest absolute Gasteiger partial charge is 0.354 e. The quantitative estimate of drug-likeness (QED) is 0.658. The molecule has 0 aliphatic rings.